The predicted octanol–water partition coefficient (Wildman–Crippen LogP) is 4.35. The fourth-order valence-corrected chi connectivity index (χ4v) is 2.68. The second-order valence-corrected chi connectivity index (χ2v) is 6.17. The molecule has 2 aromatic rings. The number of benzene rings is 2. The molecule has 0 heterocycles. The molecule has 0 N–H and O–H groups in total. The number of ether oxygens (including phenoxy) is 4. The normalized spacial score (nSPS) is 10.2. The van der Waals surface area contributed by atoms with Gasteiger partial charge in [-0.3, -0.25) is 9.59 Å². The quantitative estimate of drug-likeness (QED) is 0.377. The van der Waals surface area contributed by atoms with E-state index in [9.17, 15) is 9.59 Å². The summed E-state index contributed by atoms with van der Waals surface area (Å²) in [4.78, 5) is 21.6. The first kappa shape index (κ1) is 21.3. The zero-order valence-corrected chi connectivity index (χ0v) is 16.3. The Morgan fingerprint density at radius 2 is 1.25 bits per heavy atom. The van der Waals surface area contributed by atoms with E-state index in [1.54, 1.807) is 36.4 Å². The lowest BCUT2D eigenvalue weighted by Crippen LogP contribution is -2.03. The molecule has 0 aromatic heterocycles. The molecule has 6 nitrogen and oxygen atoms in total. The van der Waals surface area contributed by atoms with Gasteiger partial charge in [0, 0.05) is 11.1 Å². The summed E-state index contributed by atoms with van der Waals surface area (Å²) < 4.78 is 22.1. The topological polar surface area (TPSA) is 71.1 Å². The van der Waals surface area contributed by atoms with Crippen LogP contribution in [0.4, 0.5) is 0 Å². The maximum absolute atomic E-state index is 11.0. The molecule has 0 fully saturated rings. The average Bonchev–Trinajstić information content (AvgIpc) is 2.75. The summed E-state index contributed by atoms with van der Waals surface area (Å²) >= 11 is 0. The highest BCUT2D eigenvalue weighted by Crippen LogP contribution is 2.38. The van der Waals surface area contributed by atoms with E-state index < -0.39 is 0 Å². The summed E-state index contributed by atoms with van der Waals surface area (Å²) in [6, 6.07) is 10.3. The fourth-order valence-electron chi connectivity index (χ4n) is 2.68. The Labute approximate surface area is 165 Å². The SMILES string of the molecule is COc1cc(C=O)cc(OC)c1OCCCCCCOc1ccc(C=O)cc1. The Balaban J connectivity index is 1.67. The fraction of sp³-hybridized carbons (Fsp3) is 0.364. The number of rotatable bonds is 13. The van der Waals surface area contributed by atoms with E-state index >= 15 is 0 Å². The van der Waals surface area contributed by atoms with Crippen molar-refractivity contribution >= 4 is 12.6 Å². The molecule has 0 aliphatic carbocycles. The molecule has 150 valence electrons. The van der Waals surface area contributed by atoms with Gasteiger partial charge in [-0.05, 0) is 62.1 Å². The summed E-state index contributed by atoms with van der Waals surface area (Å²) in [5, 5.41) is 0. The molecule has 2 aromatic carbocycles. The van der Waals surface area contributed by atoms with E-state index in [0.29, 0.717) is 41.6 Å². The third-order valence-electron chi connectivity index (χ3n) is 4.19. The third kappa shape index (κ3) is 6.30. The van der Waals surface area contributed by atoms with Crippen LogP contribution in [0.15, 0.2) is 36.4 Å². The molecule has 0 aliphatic rings. The zero-order valence-electron chi connectivity index (χ0n) is 16.3. The zero-order chi connectivity index (χ0) is 20.2. The van der Waals surface area contributed by atoms with Gasteiger partial charge in [-0.1, -0.05) is 0 Å². The van der Waals surface area contributed by atoms with Crippen molar-refractivity contribution < 1.29 is 28.5 Å². The van der Waals surface area contributed by atoms with Gasteiger partial charge in [-0.2, -0.15) is 0 Å². The van der Waals surface area contributed by atoms with Crippen molar-refractivity contribution in [3.63, 3.8) is 0 Å². The van der Waals surface area contributed by atoms with Crippen LogP contribution in [0.2, 0.25) is 0 Å². The summed E-state index contributed by atoms with van der Waals surface area (Å²) in [5.74, 6) is 2.25. The number of hydrogen-bond acceptors (Lipinski definition) is 6. The lowest BCUT2D eigenvalue weighted by molar-refractivity contribution is 0.111. The Morgan fingerprint density at radius 1 is 0.714 bits per heavy atom. The molecule has 6 heteroatoms. The van der Waals surface area contributed by atoms with Gasteiger partial charge in [0.05, 0.1) is 27.4 Å². The smallest absolute Gasteiger partial charge is 0.203 e. The van der Waals surface area contributed by atoms with Crippen molar-refractivity contribution in [1.29, 1.82) is 0 Å². The molecule has 0 atom stereocenters. The predicted molar refractivity (Wildman–Crippen MR) is 106 cm³/mol. The molecule has 0 amide bonds. The first-order chi connectivity index (χ1) is 13.7. The van der Waals surface area contributed by atoms with Gasteiger partial charge in [-0.15, -0.1) is 0 Å². The van der Waals surface area contributed by atoms with Gasteiger partial charge >= 0.3 is 0 Å². The minimum absolute atomic E-state index is 0.474. The van der Waals surface area contributed by atoms with Gasteiger partial charge in [0.25, 0.3) is 0 Å². The van der Waals surface area contributed by atoms with Crippen LogP contribution in [-0.2, 0) is 0 Å². The molecule has 0 aliphatic heterocycles. The molecule has 0 unspecified atom stereocenters. The van der Waals surface area contributed by atoms with Crippen molar-refractivity contribution in [3.05, 3.63) is 47.5 Å². The number of hydrogen-bond donors (Lipinski definition) is 0. The van der Waals surface area contributed by atoms with E-state index in [1.807, 2.05) is 0 Å². The van der Waals surface area contributed by atoms with Crippen LogP contribution in [0.25, 0.3) is 0 Å². The summed E-state index contributed by atoms with van der Waals surface area (Å²) in [7, 11) is 3.06. The van der Waals surface area contributed by atoms with Crippen molar-refractivity contribution in [2.45, 2.75) is 25.7 Å². The first-order valence-corrected chi connectivity index (χ1v) is 9.24. The Kier molecular flexibility index (Phi) is 8.85. The molecule has 0 bridgehead atoms. The molecule has 0 saturated carbocycles. The maximum atomic E-state index is 11.0. The Morgan fingerprint density at radius 3 is 1.75 bits per heavy atom. The van der Waals surface area contributed by atoms with E-state index in [-0.39, 0.29) is 0 Å². The summed E-state index contributed by atoms with van der Waals surface area (Å²) in [6.07, 6.45) is 5.41. The van der Waals surface area contributed by atoms with Gasteiger partial charge in [0.1, 0.15) is 18.3 Å². The largest absolute Gasteiger partial charge is 0.494 e. The molecule has 2 rings (SSSR count). The third-order valence-corrected chi connectivity index (χ3v) is 4.19. The number of carbonyl (C=O) groups is 2. The molecular formula is C22H26O6. The highest BCUT2D eigenvalue weighted by molar-refractivity contribution is 5.78. The summed E-state index contributed by atoms with van der Waals surface area (Å²) in [6.45, 7) is 1.16. The average molecular weight is 386 g/mol. The van der Waals surface area contributed by atoms with Crippen LogP contribution >= 0.6 is 0 Å². The highest BCUT2D eigenvalue weighted by atomic mass is 16.5. The van der Waals surface area contributed by atoms with Crippen LogP contribution in [0.5, 0.6) is 23.0 Å². The molecule has 0 spiro atoms. The second-order valence-electron chi connectivity index (χ2n) is 6.17. The van der Waals surface area contributed by atoms with Gasteiger partial charge in [-0.25, -0.2) is 0 Å². The van der Waals surface area contributed by atoms with E-state index in [1.165, 1.54) is 14.2 Å². The van der Waals surface area contributed by atoms with E-state index in [4.69, 9.17) is 18.9 Å². The first-order valence-electron chi connectivity index (χ1n) is 9.24. The van der Waals surface area contributed by atoms with Crippen LogP contribution in [0.1, 0.15) is 46.4 Å². The van der Waals surface area contributed by atoms with E-state index in [0.717, 1.165) is 44.0 Å². The standard InChI is InChI=1S/C22H26O6/c1-25-20-13-18(16-24)14-21(26-2)22(20)28-12-6-4-3-5-11-27-19-9-7-17(15-23)8-10-19/h7-10,13-16H,3-6,11-12H2,1-2H3. The van der Waals surface area contributed by atoms with Crippen LogP contribution in [-0.4, -0.2) is 40.0 Å². The number of carbonyl (C=O) groups excluding carboxylic acids is 2. The lowest BCUT2D eigenvalue weighted by atomic mass is 10.2. The summed E-state index contributed by atoms with van der Waals surface area (Å²) in [5.41, 5.74) is 1.11. The van der Waals surface area contributed by atoms with Crippen molar-refractivity contribution in [2.24, 2.45) is 0 Å². The van der Waals surface area contributed by atoms with Crippen molar-refractivity contribution in [2.75, 3.05) is 27.4 Å². The molecule has 0 radical (unpaired) electrons. The van der Waals surface area contributed by atoms with E-state index in [2.05, 4.69) is 0 Å². The maximum Gasteiger partial charge on any atom is 0.203 e. The van der Waals surface area contributed by atoms with Gasteiger partial charge < -0.3 is 18.9 Å². The number of aldehydes is 2. The van der Waals surface area contributed by atoms with Crippen LogP contribution in [0.3, 0.4) is 0 Å². The minimum Gasteiger partial charge on any atom is -0.494 e. The van der Waals surface area contributed by atoms with Crippen molar-refractivity contribution in [3.8, 4) is 23.0 Å². The van der Waals surface area contributed by atoms with Gasteiger partial charge in [0.2, 0.25) is 5.75 Å². The molecule has 0 saturated heterocycles. The van der Waals surface area contributed by atoms with Crippen LogP contribution < -0.4 is 18.9 Å². The molecule has 28 heavy (non-hydrogen) atoms. The minimum atomic E-state index is 0.474. The number of unbranched alkanes of at least 4 members (excludes halogenated alkanes) is 3. The highest BCUT2D eigenvalue weighted by Gasteiger charge is 2.13. The lowest BCUT2D eigenvalue weighted by Gasteiger charge is -2.15. The Bertz CT molecular complexity index is 729. The van der Waals surface area contributed by atoms with Crippen LogP contribution in [0, 0.1) is 0 Å². The van der Waals surface area contributed by atoms with Gasteiger partial charge in [0.15, 0.2) is 11.5 Å². The number of methoxy groups -OCH3 is 2. The second kappa shape index (κ2) is 11.6. The monoisotopic (exact) mass is 386 g/mol. The van der Waals surface area contributed by atoms with Crippen molar-refractivity contribution in [1.82, 2.24) is 0 Å². The molecular weight excluding hydrogens is 360 g/mol. The Hall–Kier alpha value is -3.02.